The zero-order valence-corrected chi connectivity index (χ0v) is 13.5. The van der Waals surface area contributed by atoms with E-state index >= 15 is 0 Å². The first kappa shape index (κ1) is 18.1. The van der Waals surface area contributed by atoms with E-state index in [4.69, 9.17) is 5.26 Å². The molecule has 0 radical (unpaired) electrons. The highest BCUT2D eigenvalue weighted by Gasteiger charge is 2.35. The monoisotopic (exact) mass is 373 g/mol. The first-order valence-electron chi connectivity index (χ1n) is 7.59. The summed E-state index contributed by atoms with van der Waals surface area (Å²) < 4.78 is 52.8. The number of nitrogens with zero attached hydrogens (tertiary/aromatic N) is 3. The smallest absolute Gasteiger partial charge is 0.340 e. The van der Waals surface area contributed by atoms with Crippen LogP contribution in [-0.2, 0) is 6.18 Å². The first-order valence-corrected chi connectivity index (χ1v) is 7.59. The van der Waals surface area contributed by atoms with Crippen LogP contribution in [0.5, 0.6) is 0 Å². The number of benzene rings is 2. The van der Waals surface area contributed by atoms with Crippen LogP contribution in [0.4, 0.5) is 40.7 Å². The molecule has 0 unspecified atom stereocenters. The van der Waals surface area contributed by atoms with Gasteiger partial charge in [0, 0.05) is 17.6 Å². The zero-order chi connectivity index (χ0) is 19.4. The summed E-state index contributed by atoms with van der Waals surface area (Å²) in [6.45, 7) is 0. The predicted molar refractivity (Wildman–Crippen MR) is 91.2 cm³/mol. The highest BCUT2D eigenvalue weighted by Crippen LogP contribution is 2.35. The molecule has 0 aliphatic heterocycles. The van der Waals surface area contributed by atoms with Crippen LogP contribution < -0.4 is 10.6 Å². The van der Waals surface area contributed by atoms with E-state index in [1.54, 1.807) is 0 Å². The van der Waals surface area contributed by atoms with Gasteiger partial charge in [0.1, 0.15) is 17.2 Å². The fraction of sp³-hybridized carbons (Fsp3) is 0.0556. The van der Waals surface area contributed by atoms with Gasteiger partial charge in [0.25, 0.3) is 0 Å². The Morgan fingerprint density at radius 3 is 2.37 bits per heavy atom. The van der Waals surface area contributed by atoms with Gasteiger partial charge in [-0.3, -0.25) is 0 Å². The minimum Gasteiger partial charge on any atom is -0.340 e. The molecule has 1 heterocycles. The molecule has 0 spiro atoms. The number of nitrogens with one attached hydrogen (secondary N) is 2. The van der Waals surface area contributed by atoms with Gasteiger partial charge in [-0.1, -0.05) is 6.07 Å². The second-order valence-electron chi connectivity index (χ2n) is 5.40. The number of anilines is 4. The van der Waals surface area contributed by atoms with E-state index in [0.717, 1.165) is 0 Å². The van der Waals surface area contributed by atoms with Gasteiger partial charge in [0.15, 0.2) is 0 Å². The third-order valence-electron chi connectivity index (χ3n) is 3.45. The molecule has 0 saturated carbocycles. The molecule has 0 fully saturated rings. The van der Waals surface area contributed by atoms with Crippen molar-refractivity contribution in [1.29, 1.82) is 5.26 Å². The molecule has 0 atom stereocenters. The highest BCUT2D eigenvalue weighted by atomic mass is 19.4. The van der Waals surface area contributed by atoms with Crippen molar-refractivity contribution in [2.24, 2.45) is 0 Å². The molecule has 27 heavy (non-hydrogen) atoms. The average Bonchev–Trinajstić information content (AvgIpc) is 2.63. The molecule has 0 amide bonds. The Balaban J connectivity index is 1.95. The van der Waals surface area contributed by atoms with Crippen LogP contribution in [0.1, 0.15) is 11.1 Å². The summed E-state index contributed by atoms with van der Waals surface area (Å²) in [4.78, 5) is 7.55. The lowest BCUT2D eigenvalue weighted by molar-refractivity contribution is -0.137. The van der Waals surface area contributed by atoms with Gasteiger partial charge in [0.2, 0.25) is 5.95 Å². The summed E-state index contributed by atoms with van der Waals surface area (Å²) in [5.74, 6) is -1.03. The minimum atomic E-state index is -4.68. The number of alkyl halides is 3. The third kappa shape index (κ3) is 4.49. The summed E-state index contributed by atoms with van der Waals surface area (Å²) in [6.07, 6.45) is -4.03. The molecule has 2 N–H and O–H groups in total. The summed E-state index contributed by atoms with van der Waals surface area (Å²) in [5, 5.41) is 14.2. The molecule has 0 aliphatic rings. The zero-order valence-electron chi connectivity index (χ0n) is 13.5. The van der Waals surface area contributed by atoms with Crippen LogP contribution in [0, 0.1) is 17.1 Å². The van der Waals surface area contributed by atoms with Crippen molar-refractivity contribution in [3.8, 4) is 6.07 Å². The van der Waals surface area contributed by atoms with Crippen LogP contribution in [0.15, 0.2) is 54.7 Å². The maximum atomic E-state index is 13.3. The quantitative estimate of drug-likeness (QED) is 0.630. The molecule has 9 heteroatoms. The lowest BCUT2D eigenvalue weighted by atomic mass is 10.2. The van der Waals surface area contributed by atoms with Crippen molar-refractivity contribution >= 4 is 23.1 Å². The van der Waals surface area contributed by atoms with Gasteiger partial charge in [-0.05, 0) is 42.5 Å². The van der Waals surface area contributed by atoms with Crippen molar-refractivity contribution < 1.29 is 17.6 Å². The fourth-order valence-electron chi connectivity index (χ4n) is 2.21. The van der Waals surface area contributed by atoms with E-state index in [9.17, 15) is 17.6 Å². The largest absolute Gasteiger partial charge is 0.421 e. The summed E-state index contributed by atoms with van der Waals surface area (Å²) in [5.41, 5.74) is -0.0960. The standard InChI is InChI=1S/C18H11F4N5/c19-12-4-6-13(7-5-12)26-17-24-10-15(18(20,21)22)16(27-17)25-14-3-1-2-11(8-14)9-23/h1-8,10H,(H2,24,25,26,27). The minimum absolute atomic E-state index is 0.103. The Labute approximate surface area is 151 Å². The Morgan fingerprint density at radius 2 is 1.70 bits per heavy atom. The number of nitriles is 1. The van der Waals surface area contributed by atoms with Crippen LogP contribution >= 0.6 is 0 Å². The normalized spacial score (nSPS) is 10.9. The van der Waals surface area contributed by atoms with E-state index in [1.807, 2.05) is 6.07 Å². The van der Waals surface area contributed by atoms with E-state index < -0.39 is 23.4 Å². The molecule has 3 rings (SSSR count). The lowest BCUT2D eigenvalue weighted by Gasteiger charge is -2.15. The molecule has 136 valence electrons. The van der Waals surface area contributed by atoms with Gasteiger partial charge in [0.05, 0.1) is 11.6 Å². The SMILES string of the molecule is N#Cc1cccc(Nc2nc(Nc3ccc(F)cc3)ncc2C(F)(F)F)c1. The van der Waals surface area contributed by atoms with E-state index in [1.165, 1.54) is 48.5 Å². The van der Waals surface area contributed by atoms with Crippen molar-refractivity contribution in [3.63, 3.8) is 0 Å². The van der Waals surface area contributed by atoms with Crippen molar-refractivity contribution in [3.05, 3.63) is 71.7 Å². The number of hydrogen-bond donors (Lipinski definition) is 2. The number of hydrogen-bond acceptors (Lipinski definition) is 5. The number of halogens is 4. The fourth-order valence-corrected chi connectivity index (χ4v) is 2.21. The lowest BCUT2D eigenvalue weighted by Crippen LogP contribution is -2.12. The van der Waals surface area contributed by atoms with Gasteiger partial charge in [-0.2, -0.15) is 23.4 Å². The maximum Gasteiger partial charge on any atom is 0.421 e. The Kier molecular flexibility index (Phi) is 4.90. The average molecular weight is 373 g/mol. The van der Waals surface area contributed by atoms with Gasteiger partial charge in [-0.25, -0.2) is 9.37 Å². The van der Waals surface area contributed by atoms with Gasteiger partial charge >= 0.3 is 6.18 Å². The van der Waals surface area contributed by atoms with E-state index in [-0.39, 0.29) is 17.2 Å². The Bertz CT molecular complexity index is 994. The topological polar surface area (TPSA) is 73.6 Å². The molecule has 5 nitrogen and oxygen atoms in total. The second kappa shape index (κ2) is 7.29. The summed E-state index contributed by atoms with van der Waals surface area (Å²) >= 11 is 0. The van der Waals surface area contributed by atoms with Crippen LogP contribution in [0.25, 0.3) is 0 Å². The molecule has 0 aliphatic carbocycles. The molecule has 1 aromatic heterocycles. The Morgan fingerprint density at radius 1 is 0.963 bits per heavy atom. The number of rotatable bonds is 4. The van der Waals surface area contributed by atoms with Gasteiger partial charge < -0.3 is 10.6 Å². The molecule has 3 aromatic rings. The second-order valence-corrected chi connectivity index (χ2v) is 5.40. The van der Waals surface area contributed by atoms with Crippen molar-refractivity contribution in [1.82, 2.24) is 9.97 Å². The molecule has 2 aromatic carbocycles. The molecule has 0 saturated heterocycles. The van der Waals surface area contributed by atoms with Crippen LogP contribution in [0.2, 0.25) is 0 Å². The molecular weight excluding hydrogens is 362 g/mol. The highest BCUT2D eigenvalue weighted by molar-refractivity contribution is 5.64. The van der Waals surface area contributed by atoms with E-state index in [2.05, 4.69) is 20.6 Å². The predicted octanol–water partition coefficient (Wildman–Crippen LogP) is 4.99. The summed E-state index contributed by atoms with van der Waals surface area (Å²) in [7, 11) is 0. The van der Waals surface area contributed by atoms with Crippen molar-refractivity contribution in [2.75, 3.05) is 10.6 Å². The van der Waals surface area contributed by atoms with Gasteiger partial charge in [-0.15, -0.1) is 0 Å². The van der Waals surface area contributed by atoms with Crippen LogP contribution in [-0.4, -0.2) is 9.97 Å². The molecule has 0 bridgehead atoms. The summed E-state index contributed by atoms with van der Waals surface area (Å²) in [6, 6.07) is 13.1. The van der Waals surface area contributed by atoms with Crippen molar-refractivity contribution in [2.45, 2.75) is 6.18 Å². The maximum absolute atomic E-state index is 13.3. The molecular formula is C18H11F4N5. The third-order valence-corrected chi connectivity index (χ3v) is 3.45. The van der Waals surface area contributed by atoms with Crippen LogP contribution in [0.3, 0.4) is 0 Å². The Hall–Kier alpha value is -3.67. The van der Waals surface area contributed by atoms with E-state index in [0.29, 0.717) is 11.9 Å². The number of aromatic nitrogens is 2. The first-order chi connectivity index (χ1) is 12.8.